The van der Waals surface area contributed by atoms with Crippen LogP contribution in [0.2, 0.25) is 0 Å². The zero-order valence-corrected chi connectivity index (χ0v) is 12.4. The molecule has 2 amide bonds. The summed E-state index contributed by atoms with van der Waals surface area (Å²) in [6.45, 7) is 8.48. The summed E-state index contributed by atoms with van der Waals surface area (Å²) in [5.74, 6) is 0.582. The summed E-state index contributed by atoms with van der Waals surface area (Å²) in [6.07, 6.45) is 2.52. The molecule has 19 heavy (non-hydrogen) atoms. The van der Waals surface area contributed by atoms with E-state index in [1.807, 2.05) is 13.8 Å². The van der Waals surface area contributed by atoms with E-state index in [9.17, 15) is 9.90 Å². The van der Waals surface area contributed by atoms with Gasteiger partial charge in [-0.05, 0) is 37.6 Å². The molecule has 0 radical (unpaired) electrons. The molecule has 0 saturated carbocycles. The molecule has 5 heteroatoms. The van der Waals surface area contributed by atoms with E-state index < -0.39 is 0 Å². The molecule has 0 spiro atoms. The second kappa shape index (κ2) is 7.70. The monoisotopic (exact) mass is 271 g/mol. The number of rotatable bonds is 6. The molecule has 1 fully saturated rings. The molecule has 1 saturated heterocycles. The maximum absolute atomic E-state index is 11.4. The predicted molar refractivity (Wildman–Crippen MR) is 76.8 cm³/mol. The number of amides is 2. The second-order valence-corrected chi connectivity index (χ2v) is 6.04. The molecule has 3 unspecified atom stereocenters. The number of piperidine rings is 1. The number of primary amides is 1. The van der Waals surface area contributed by atoms with Gasteiger partial charge < -0.3 is 21.1 Å². The number of aliphatic hydroxyl groups is 1. The first kappa shape index (κ1) is 16.2. The minimum absolute atomic E-state index is 0.256. The number of likely N-dealkylation sites (tertiary alicyclic amines) is 1. The smallest absolute Gasteiger partial charge is 0.314 e. The number of carbonyl (C=O) groups is 1. The van der Waals surface area contributed by atoms with Crippen molar-refractivity contribution in [2.24, 2.45) is 17.6 Å². The van der Waals surface area contributed by atoms with Crippen LogP contribution in [0, 0.1) is 11.8 Å². The van der Waals surface area contributed by atoms with E-state index in [-0.39, 0.29) is 18.1 Å². The Morgan fingerprint density at radius 2 is 2.16 bits per heavy atom. The number of carbonyl (C=O) groups excluding carboxylic acids is 1. The molecule has 0 aliphatic carbocycles. The Balaban J connectivity index is 2.56. The molecule has 4 N–H and O–H groups in total. The molecule has 5 nitrogen and oxygen atoms in total. The lowest BCUT2D eigenvalue weighted by molar-refractivity contribution is 0.0704. The molecule has 0 bridgehead atoms. The lowest BCUT2D eigenvalue weighted by atomic mass is 9.87. The molecular weight excluding hydrogens is 242 g/mol. The van der Waals surface area contributed by atoms with Crippen LogP contribution in [0.15, 0.2) is 0 Å². The van der Waals surface area contributed by atoms with Crippen molar-refractivity contribution in [1.29, 1.82) is 0 Å². The summed E-state index contributed by atoms with van der Waals surface area (Å²) >= 11 is 0. The number of aliphatic hydroxyl groups excluding tert-OH is 1. The molecule has 0 aromatic rings. The quantitative estimate of drug-likeness (QED) is 0.678. The summed E-state index contributed by atoms with van der Waals surface area (Å²) in [5, 5.41) is 13.5. The molecule has 112 valence electrons. The lowest BCUT2D eigenvalue weighted by Crippen LogP contribution is -2.53. The maximum atomic E-state index is 11.4. The van der Waals surface area contributed by atoms with Gasteiger partial charge in [0.25, 0.3) is 0 Å². The molecule has 0 aromatic carbocycles. The Bertz CT molecular complexity index is 284. The van der Waals surface area contributed by atoms with Crippen LogP contribution in [0.3, 0.4) is 0 Å². The van der Waals surface area contributed by atoms with E-state index >= 15 is 0 Å². The van der Waals surface area contributed by atoms with Crippen molar-refractivity contribution >= 4 is 6.03 Å². The van der Waals surface area contributed by atoms with Gasteiger partial charge in [0.1, 0.15) is 0 Å². The van der Waals surface area contributed by atoms with E-state index in [1.165, 1.54) is 0 Å². The largest absolute Gasteiger partial charge is 0.393 e. The maximum Gasteiger partial charge on any atom is 0.314 e. The van der Waals surface area contributed by atoms with Crippen LogP contribution in [0.25, 0.3) is 0 Å². The highest BCUT2D eigenvalue weighted by Gasteiger charge is 2.30. The highest BCUT2D eigenvalue weighted by molar-refractivity contribution is 5.72. The van der Waals surface area contributed by atoms with Gasteiger partial charge in [-0.15, -0.1) is 0 Å². The fourth-order valence-electron chi connectivity index (χ4n) is 2.66. The molecular formula is C14H29N3O2. The molecule has 1 aliphatic heterocycles. The van der Waals surface area contributed by atoms with Crippen LogP contribution in [0.5, 0.6) is 0 Å². The normalized spacial score (nSPS) is 25.6. The third-order valence-corrected chi connectivity index (χ3v) is 3.88. The number of hydrogen-bond acceptors (Lipinski definition) is 3. The van der Waals surface area contributed by atoms with Crippen LogP contribution in [0.1, 0.15) is 40.0 Å². The van der Waals surface area contributed by atoms with Gasteiger partial charge in [-0.2, -0.15) is 0 Å². The standard InChI is InChI=1S/C14H29N3O2/c1-4-5-16-12-6-11(7-13(18)10(2)3)8-17(9-12)14(15)19/h10-13,16,18H,4-9H2,1-3H3,(H2,15,19). The van der Waals surface area contributed by atoms with Gasteiger partial charge in [-0.3, -0.25) is 0 Å². The highest BCUT2D eigenvalue weighted by atomic mass is 16.3. The fraction of sp³-hybridized carbons (Fsp3) is 0.929. The Morgan fingerprint density at radius 3 is 2.68 bits per heavy atom. The van der Waals surface area contributed by atoms with E-state index in [4.69, 9.17) is 5.73 Å². The lowest BCUT2D eigenvalue weighted by Gasteiger charge is -2.38. The molecule has 1 aliphatic rings. The van der Waals surface area contributed by atoms with Gasteiger partial charge in [0.2, 0.25) is 0 Å². The van der Waals surface area contributed by atoms with Crippen molar-refractivity contribution in [3.05, 3.63) is 0 Å². The number of hydrogen-bond donors (Lipinski definition) is 3. The summed E-state index contributed by atoms with van der Waals surface area (Å²) in [4.78, 5) is 13.1. The van der Waals surface area contributed by atoms with Crippen LogP contribution in [-0.2, 0) is 0 Å². The Kier molecular flexibility index (Phi) is 6.58. The van der Waals surface area contributed by atoms with Crippen molar-refractivity contribution in [3.63, 3.8) is 0 Å². The first-order valence-corrected chi connectivity index (χ1v) is 7.39. The third-order valence-electron chi connectivity index (χ3n) is 3.88. The van der Waals surface area contributed by atoms with E-state index in [2.05, 4.69) is 12.2 Å². The van der Waals surface area contributed by atoms with Gasteiger partial charge in [0.05, 0.1) is 6.10 Å². The predicted octanol–water partition coefficient (Wildman–Crippen LogP) is 1.16. The van der Waals surface area contributed by atoms with Crippen molar-refractivity contribution in [3.8, 4) is 0 Å². The average molecular weight is 271 g/mol. The second-order valence-electron chi connectivity index (χ2n) is 6.04. The van der Waals surface area contributed by atoms with Crippen LogP contribution < -0.4 is 11.1 Å². The fourth-order valence-corrected chi connectivity index (χ4v) is 2.66. The highest BCUT2D eigenvalue weighted by Crippen LogP contribution is 2.23. The first-order valence-electron chi connectivity index (χ1n) is 7.39. The minimum Gasteiger partial charge on any atom is -0.393 e. The van der Waals surface area contributed by atoms with Crippen molar-refractivity contribution < 1.29 is 9.90 Å². The summed E-state index contributed by atoms with van der Waals surface area (Å²) in [5.41, 5.74) is 5.41. The number of nitrogens with zero attached hydrogens (tertiary/aromatic N) is 1. The number of nitrogens with two attached hydrogens (primary N) is 1. The van der Waals surface area contributed by atoms with Crippen LogP contribution in [-0.4, -0.2) is 47.8 Å². The summed E-state index contributed by atoms with van der Waals surface area (Å²) in [6, 6.07) is -0.0578. The van der Waals surface area contributed by atoms with E-state index in [0.29, 0.717) is 25.0 Å². The van der Waals surface area contributed by atoms with Gasteiger partial charge in [0, 0.05) is 19.1 Å². The molecule has 3 atom stereocenters. The Morgan fingerprint density at radius 1 is 1.47 bits per heavy atom. The SMILES string of the molecule is CCCNC1CC(CC(O)C(C)C)CN(C(N)=O)C1. The third kappa shape index (κ3) is 5.37. The summed E-state index contributed by atoms with van der Waals surface area (Å²) < 4.78 is 0. The average Bonchev–Trinajstić information content (AvgIpc) is 2.35. The van der Waals surface area contributed by atoms with Gasteiger partial charge in [0.15, 0.2) is 0 Å². The van der Waals surface area contributed by atoms with Gasteiger partial charge in [-0.25, -0.2) is 4.79 Å². The Hall–Kier alpha value is -0.810. The molecule has 0 aromatic heterocycles. The van der Waals surface area contributed by atoms with Crippen molar-refractivity contribution in [1.82, 2.24) is 10.2 Å². The zero-order chi connectivity index (χ0) is 14.4. The topological polar surface area (TPSA) is 78.6 Å². The van der Waals surface area contributed by atoms with Crippen LogP contribution >= 0.6 is 0 Å². The van der Waals surface area contributed by atoms with Crippen LogP contribution in [0.4, 0.5) is 4.79 Å². The van der Waals surface area contributed by atoms with Crippen molar-refractivity contribution in [2.75, 3.05) is 19.6 Å². The zero-order valence-electron chi connectivity index (χ0n) is 12.4. The van der Waals surface area contributed by atoms with Gasteiger partial charge in [-0.1, -0.05) is 20.8 Å². The summed E-state index contributed by atoms with van der Waals surface area (Å²) in [7, 11) is 0. The van der Waals surface area contributed by atoms with Gasteiger partial charge >= 0.3 is 6.03 Å². The Labute approximate surface area is 116 Å². The van der Waals surface area contributed by atoms with Crippen molar-refractivity contribution in [2.45, 2.75) is 52.2 Å². The first-order chi connectivity index (χ1) is 8.93. The van der Waals surface area contributed by atoms with E-state index in [0.717, 1.165) is 25.8 Å². The molecule has 1 rings (SSSR count). The number of nitrogens with one attached hydrogen (secondary N) is 1. The number of urea groups is 1. The molecule has 1 heterocycles. The van der Waals surface area contributed by atoms with E-state index in [1.54, 1.807) is 4.90 Å². The minimum atomic E-state index is -0.355.